The molecule has 3 N–H and O–H groups in total. The Balaban J connectivity index is 0.000000135. The summed E-state index contributed by atoms with van der Waals surface area (Å²) in [5.74, 6) is 2.74. The second-order valence-corrected chi connectivity index (χ2v) is 47.3. The summed E-state index contributed by atoms with van der Waals surface area (Å²) in [5, 5.41) is 17.7. The molecule has 3 unspecified atom stereocenters. The maximum Gasteiger partial charge on any atom is 0.420 e. The Hall–Kier alpha value is -12.5. The van der Waals surface area contributed by atoms with Crippen molar-refractivity contribution in [3.8, 4) is 34.5 Å². The highest BCUT2D eigenvalue weighted by Gasteiger charge is 2.64. The third kappa shape index (κ3) is 23.8. The summed E-state index contributed by atoms with van der Waals surface area (Å²) in [4.78, 5) is 131. The number of fused-ring (bicyclic) bond motifs is 3. The molecular weight excluding hydrogens is 2020 g/mol. The highest BCUT2D eigenvalue weighted by Crippen LogP contribution is 2.63. The van der Waals surface area contributed by atoms with E-state index in [4.69, 9.17) is 68.0 Å². The number of nitrogens with one attached hydrogen (secondary N) is 2. The number of ether oxygens (including phenoxy) is 7. The van der Waals surface area contributed by atoms with Gasteiger partial charge in [0.15, 0.2) is 0 Å². The number of piperidine rings is 3. The Morgan fingerprint density at radius 3 is 1.11 bits per heavy atom. The van der Waals surface area contributed by atoms with Crippen LogP contribution in [0.2, 0.25) is 15.1 Å². The summed E-state index contributed by atoms with van der Waals surface area (Å²) in [5.41, 5.74) is 4.63. The Kier molecular flexibility index (Phi) is 31.3. The minimum Gasteiger partial charge on any atom is -0.478 e. The fourth-order valence-electron chi connectivity index (χ4n) is 23.1. The highest BCUT2D eigenvalue weighted by molar-refractivity contribution is 9.10. The summed E-state index contributed by atoms with van der Waals surface area (Å²) in [7, 11) is 0. The van der Waals surface area contributed by atoms with Crippen molar-refractivity contribution in [2.24, 2.45) is 34.0 Å². The molecule has 9 fully saturated rings. The van der Waals surface area contributed by atoms with Crippen LogP contribution in [0.3, 0.4) is 0 Å². The number of carboxylic acid groups (broad SMARTS) is 1. The maximum absolute atomic E-state index is 13.7. The average Bonchev–Trinajstić information content (AvgIpc) is 1.66. The second kappa shape index (κ2) is 43.8. The molecule has 6 aliphatic heterocycles. The van der Waals surface area contributed by atoms with E-state index in [1.165, 1.54) is 63.9 Å². The number of pyridine rings is 3. The molecule has 6 aromatic carbocycles. The van der Waals surface area contributed by atoms with Crippen molar-refractivity contribution in [3.63, 3.8) is 0 Å². The molecule has 3 atom stereocenters. The number of hydrogen-bond acceptors (Lipinski definition) is 21. The molecule has 3 amide bonds. The maximum atomic E-state index is 13.7. The number of nitrogens with zero attached hydrogens (tertiary/aromatic N) is 10. The van der Waals surface area contributed by atoms with Crippen LogP contribution in [-0.4, -0.2) is 178 Å². The van der Waals surface area contributed by atoms with Crippen LogP contribution in [0.25, 0.3) is 33.1 Å². The minimum absolute atomic E-state index is 0.105. The van der Waals surface area contributed by atoms with Gasteiger partial charge in [0.1, 0.15) is 90.5 Å². The third-order valence-electron chi connectivity index (χ3n) is 30.0. The van der Waals surface area contributed by atoms with Crippen LogP contribution < -0.4 is 29.3 Å². The van der Waals surface area contributed by atoms with E-state index in [-0.39, 0.29) is 45.7 Å². The summed E-state index contributed by atoms with van der Waals surface area (Å²) >= 11 is 21.9. The first-order chi connectivity index (χ1) is 71.0. The SMILES string of the molecule is CC(C)(C)OC(=O)c1ccc(Br)cc1Oc1cnc2c(ccn2C(=O)OC(C)(C)C)c1.CC(C)(C)OC(=O)c1ccc(N2CCC(CN3C(=O)C4(CCCC4)C3c3ccc(Cl)cc3)CC2)cc1Oc1cnc2c(ccn2C(=O)OC(C)(C)C)c1.O=C(O)c1ccc(N2CCC(CN3C(=O)C4(CCCC4)C3c3ccc(Cl)cc3)CC2)cc1Oc1cnc2[nH]ccc2c1.O=C1N(CC2CCNCC2)C(c2ccc(Cl)cc2)C12CCCC2. The summed E-state index contributed by atoms with van der Waals surface area (Å²) in [6.07, 6.45) is 27.5. The number of esters is 2. The Labute approximate surface area is 893 Å². The van der Waals surface area contributed by atoms with Gasteiger partial charge in [-0.05, 0) is 323 Å². The van der Waals surface area contributed by atoms with Gasteiger partial charge in [0.2, 0.25) is 17.7 Å². The van der Waals surface area contributed by atoms with Gasteiger partial charge in [0.05, 0.1) is 53.0 Å². The fourth-order valence-corrected chi connectivity index (χ4v) is 23.8. The van der Waals surface area contributed by atoms with Crippen molar-refractivity contribution in [2.45, 2.75) is 239 Å². The van der Waals surface area contributed by atoms with Crippen molar-refractivity contribution in [1.82, 2.24) is 49.1 Å². The largest absolute Gasteiger partial charge is 0.478 e. The molecule has 3 spiro atoms. The van der Waals surface area contributed by atoms with Crippen molar-refractivity contribution in [1.29, 1.82) is 0 Å². The summed E-state index contributed by atoms with van der Waals surface area (Å²) in [6.45, 7) is 29.6. The Morgan fingerprint density at radius 2 is 0.738 bits per heavy atom. The predicted octanol–water partition coefficient (Wildman–Crippen LogP) is 26.8. The molecule has 3 saturated carbocycles. The van der Waals surface area contributed by atoms with Gasteiger partial charge in [0, 0.05) is 124 Å². The Morgan fingerprint density at radius 1 is 0.403 bits per heavy atom. The topological polar surface area (TPSA) is 314 Å². The predicted molar refractivity (Wildman–Crippen MR) is 579 cm³/mol. The molecule has 6 aromatic heterocycles. The quantitative estimate of drug-likeness (QED) is 0.0363. The van der Waals surface area contributed by atoms with E-state index in [1.807, 2.05) is 114 Å². The molecule has 21 rings (SSSR count). The minimum atomic E-state index is -1.04. The average molecular weight is 2150 g/mol. The number of amides is 3. The highest BCUT2D eigenvalue weighted by atomic mass is 79.9. The van der Waals surface area contributed by atoms with E-state index in [0.717, 1.165) is 181 Å². The van der Waals surface area contributed by atoms with E-state index in [1.54, 1.807) is 121 Å². The number of aromatic nitrogens is 6. The van der Waals surface area contributed by atoms with E-state index in [2.05, 4.69) is 102 Å². The van der Waals surface area contributed by atoms with Gasteiger partial charge in [-0.1, -0.05) is 126 Å². The zero-order valence-corrected chi connectivity index (χ0v) is 90.5. The number of likely N-dealkylation sites (tertiary alicyclic amines) is 3. The molecule has 3 aliphatic carbocycles. The number of β-lactam (4-membered cyclic amide) rings is 3. The van der Waals surface area contributed by atoms with Gasteiger partial charge < -0.3 is 73.1 Å². The molecular formula is C117H132BrCl3N12O16. The van der Waals surface area contributed by atoms with E-state index >= 15 is 0 Å². The van der Waals surface area contributed by atoms with Crippen LogP contribution in [0, 0.1) is 34.0 Å². The van der Waals surface area contributed by atoms with Crippen LogP contribution in [-0.2, 0) is 33.3 Å². The van der Waals surface area contributed by atoms with Gasteiger partial charge in [0.25, 0.3) is 0 Å². The van der Waals surface area contributed by atoms with Crippen molar-refractivity contribution in [3.05, 3.63) is 254 Å². The number of benzene rings is 6. The van der Waals surface area contributed by atoms with E-state index in [0.29, 0.717) is 107 Å². The monoisotopic (exact) mass is 2140 g/mol. The normalized spacial score (nSPS) is 19.2. The number of carboxylic acids is 1. The lowest BCUT2D eigenvalue weighted by Gasteiger charge is -2.56. The lowest BCUT2D eigenvalue weighted by molar-refractivity contribution is -0.175. The van der Waals surface area contributed by atoms with Crippen LogP contribution in [0.5, 0.6) is 34.5 Å². The van der Waals surface area contributed by atoms with Crippen LogP contribution in [0.4, 0.5) is 21.0 Å². The van der Waals surface area contributed by atoms with Gasteiger partial charge in [-0.15, -0.1) is 0 Å². The first-order valence-corrected chi connectivity index (χ1v) is 54.0. The fraction of sp³-hybridized carbons (Fsp3) is 0.444. The standard InChI is InChI=1S/C42H49ClN4O6.C33H33ClN4O4.C23H25BrN2O5.C19H25ClN2O/c1-40(2,3)52-37(48)33-14-13-31(24-34(33)51-32-23-29-17-22-46(36(29)44-25-32)39(50)53-41(4,5)6)45-20-15-27(16-21-45)26-47-35(28-9-11-30(43)12-10-28)42(38(47)49)18-7-8-19-42;34-24-5-3-22(4-6-24)29-33(12-1-2-13-33)32(41)38(29)20-21-10-15-37(16-11-21)25-7-8-27(31(39)40)28(18-25)42-26-17-23-9-14-35-30(23)36-19-26;1-22(2,3)30-20(27)17-8-7-15(24)12-18(17)29-16-11-14-9-10-26(19(14)25-13-16)21(28)31-23(4,5)6;20-16-5-3-15(4-6-16)17-19(9-1-2-10-19)18(23)22(17)13-14-7-11-21-12-8-14/h9-14,17,22-25,27,35H,7-8,15-16,18-21,26H2,1-6H3;3-9,14,17-19,21,29H,1-2,10-13,15-16,20H2,(H,35,36)(H,39,40);7-13H,1-6H3;3-6,14,17,21H,1-2,7-13H2. The molecule has 6 saturated heterocycles. The summed E-state index contributed by atoms with van der Waals surface area (Å²) in [6, 6.07) is 51.4. The van der Waals surface area contributed by atoms with Crippen molar-refractivity contribution >= 4 is 143 Å². The number of aromatic carboxylic acids is 1. The van der Waals surface area contributed by atoms with Crippen molar-refractivity contribution < 1.29 is 76.6 Å². The van der Waals surface area contributed by atoms with Gasteiger partial charge >= 0.3 is 30.1 Å². The molecule has 0 radical (unpaired) electrons. The summed E-state index contributed by atoms with van der Waals surface area (Å²) < 4.78 is 44.0. The number of anilines is 2. The number of carbonyl (C=O) groups excluding carboxylic acids is 7. The van der Waals surface area contributed by atoms with E-state index in [9.17, 15) is 43.5 Å². The van der Waals surface area contributed by atoms with Crippen LogP contribution in [0.15, 0.2) is 205 Å². The second-order valence-electron chi connectivity index (χ2n) is 45.1. The van der Waals surface area contributed by atoms with Gasteiger partial charge in [-0.25, -0.2) is 48.1 Å². The molecule has 12 heterocycles. The zero-order valence-electron chi connectivity index (χ0n) is 86.7. The van der Waals surface area contributed by atoms with Crippen LogP contribution >= 0.6 is 50.7 Å². The molecule has 0 bridgehead atoms. The lowest BCUT2D eigenvalue weighted by Crippen LogP contribution is -2.63. The van der Waals surface area contributed by atoms with E-state index < -0.39 is 52.5 Å². The van der Waals surface area contributed by atoms with Gasteiger partial charge in [-0.2, -0.15) is 0 Å². The Bertz CT molecular complexity index is 6940. The lowest BCUT2D eigenvalue weighted by atomic mass is 9.66. The molecule has 32 heteroatoms. The first-order valence-electron chi connectivity index (χ1n) is 52.1. The molecule has 28 nitrogen and oxygen atoms in total. The number of aromatic amines is 1. The number of hydrogen-bond donors (Lipinski definition) is 3. The number of halogens is 4. The molecule has 12 aromatic rings. The number of carbonyl (C=O) groups is 8. The molecule has 149 heavy (non-hydrogen) atoms. The first kappa shape index (κ1) is 106. The zero-order chi connectivity index (χ0) is 105. The molecule has 9 aliphatic rings. The smallest absolute Gasteiger partial charge is 0.420 e. The van der Waals surface area contributed by atoms with Crippen LogP contribution in [0.1, 0.15) is 265 Å². The third-order valence-corrected chi connectivity index (χ3v) is 31.2. The number of rotatable bonds is 20. The van der Waals surface area contributed by atoms with Crippen molar-refractivity contribution in [2.75, 3.05) is 68.7 Å². The van der Waals surface area contributed by atoms with Gasteiger partial charge in [-0.3, -0.25) is 14.4 Å². The molecule has 784 valence electrons. The number of H-pyrrole nitrogens is 1.